The van der Waals surface area contributed by atoms with E-state index in [1.54, 1.807) is 29.2 Å². The summed E-state index contributed by atoms with van der Waals surface area (Å²) in [6.07, 6.45) is 1.18. The predicted octanol–water partition coefficient (Wildman–Crippen LogP) is 0.408. The third-order valence-electron chi connectivity index (χ3n) is 3.13. The summed E-state index contributed by atoms with van der Waals surface area (Å²) >= 11 is 0. The molecule has 0 aliphatic carbocycles. The summed E-state index contributed by atoms with van der Waals surface area (Å²) in [6, 6.07) is 6.79. The van der Waals surface area contributed by atoms with Crippen molar-refractivity contribution in [3.63, 3.8) is 0 Å². The van der Waals surface area contributed by atoms with Crippen molar-refractivity contribution in [2.75, 3.05) is 38.2 Å². The number of rotatable bonds is 2. The lowest BCUT2D eigenvalue weighted by atomic mass is 10.1. The standard InChI is InChI=1S/C12H17N3O3S.ClH/c1-19(17,18)15-7-5-14(6-8-15)12(16)10-3-2-4-11(13)9-10;/h2-4,9H,5-8,13H2,1H3;1H. The second kappa shape index (κ2) is 6.43. The number of amides is 1. The highest BCUT2D eigenvalue weighted by Gasteiger charge is 2.26. The van der Waals surface area contributed by atoms with Crippen molar-refractivity contribution >= 4 is 34.0 Å². The molecule has 8 heteroatoms. The van der Waals surface area contributed by atoms with Crippen LogP contribution in [-0.2, 0) is 10.0 Å². The van der Waals surface area contributed by atoms with E-state index >= 15 is 0 Å². The summed E-state index contributed by atoms with van der Waals surface area (Å²) in [4.78, 5) is 13.9. The summed E-state index contributed by atoms with van der Waals surface area (Å²) in [5.74, 6) is -0.111. The van der Waals surface area contributed by atoms with Gasteiger partial charge in [0.2, 0.25) is 10.0 Å². The van der Waals surface area contributed by atoms with E-state index in [0.717, 1.165) is 0 Å². The van der Waals surface area contributed by atoms with Crippen molar-refractivity contribution in [1.29, 1.82) is 0 Å². The van der Waals surface area contributed by atoms with E-state index in [4.69, 9.17) is 5.73 Å². The molecule has 0 atom stereocenters. The van der Waals surface area contributed by atoms with Crippen LogP contribution < -0.4 is 5.73 Å². The molecular weight excluding hydrogens is 302 g/mol. The highest BCUT2D eigenvalue weighted by Crippen LogP contribution is 2.13. The third kappa shape index (κ3) is 3.84. The van der Waals surface area contributed by atoms with E-state index < -0.39 is 10.0 Å². The van der Waals surface area contributed by atoms with E-state index in [9.17, 15) is 13.2 Å². The predicted molar refractivity (Wildman–Crippen MR) is 80.4 cm³/mol. The average molecular weight is 320 g/mol. The molecule has 1 aromatic carbocycles. The number of nitrogen functional groups attached to an aromatic ring is 1. The molecule has 1 aliphatic rings. The van der Waals surface area contributed by atoms with Gasteiger partial charge in [-0.1, -0.05) is 6.07 Å². The maximum atomic E-state index is 12.2. The Bertz CT molecular complexity index is 583. The van der Waals surface area contributed by atoms with Gasteiger partial charge in [0.15, 0.2) is 0 Å². The van der Waals surface area contributed by atoms with E-state index in [1.165, 1.54) is 10.6 Å². The van der Waals surface area contributed by atoms with Gasteiger partial charge in [-0.3, -0.25) is 4.79 Å². The number of hydrogen-bond acceptors (Lipinski definition) is 4. The number of sulfonamides is 1. The van der Waals surface area contributed by atoms with Crippen LogP contribution in [0.3, 0.4) is 0 Å². The van der Waals surface area contributed by atoms with Crippen molar-refractivity contribution in [1.82, 2.24) is 9.21 Å². The lowest BCUT2D eigenvalue weighted by Gasteiger charge is -2.33. The van der Waals surface area contributed by atoms with Crippen LogP contribution in [0.15, 0.2) is 24.3 Å². The van der Waals surface area contributed by atoms with Crippen LogP contribution in [0.25, 0.3) is 0 Å². The Labute approximate surface area is 125 Å². The van der Waals surface area contributed by atoms with Gasteiger partial charge in [-0.05, 0) is 18.2 Å². The molecule has 2 N–H and O–H groups in total. The molecule has 0 saturated carbocycles. The average Bonchev–Trinajstić information content (AvgIpc) is 2.37. The molecule has 6 nitrogen and oxygen atoms in total. The van der Waals surface area contributed by atoms with E-state index in [2.05, 4.69) is 0 Å². The minimum Gasteiger partial charge on any atom is -0.399 e. The summed E-state index contributed by atoms with van der Waals surface area (Å²) in [5.41, 5.74) is 6.72. The number of halogens is 1. The summed E-state index contributed by atoms with van der Waals surface area (Å²) in [6.45, 7) is 1.49. The van der Waals surface area contributed by atoms with Gasteiger partial charge in [-0.15, -0.1) is 12.4 Å². The first-order valence-corrected chi connectivity index (χ1v) is 7.83. The van der Waals surface area contributed by atoms with Gasteiger partial charge in [0, 0.05) is 37.4 Å². The Balaban J connectivity index is 0.00000200. The van der Waals surface area contributed by atoms with Crippen molar-refractivity contribution in [3.8, 4) is 0 Å². The number of hydrogen-bond donors (Lipinski definition) is 1. The fraction of sp³-hybridized carbons (Fsp3) is 0.417. The van der Waals surface area contributed by atoms with E-state index in [1.807, 2.05) is 0 Å². The Morgan fingerprint density at radius 1 is 1.20 bits per heavy atom. The maximum Gasteiger partial charge on any atom is 0.254 e. The number of nitrogens with two attached hydrogens (primary N) is 1. The van der Waals surface area contributed by atoms with Crippen molar-refractivity contribution in [2.45, 2.75) is 0 Å². The van der Waals surface area contributed by atoms with Crippen LogP contribution in [0.2, 0.25) is 0 Å². The first-order valence-electron chi connectivity index (χ1n) is 5.98. The van der Waals surface area contributed by atoms with Gasteiger partial charge in [0.25, 0.3) is 5.91 Å². The number of anilines is 1. The molecule has 1 aromatic rings. The largest absolute Gasteiger partial charge is 0.399 e. The maximum absolute atomic E-state index is 12.2. The monoisotopic (exact) mass is 319 g/mol. The Morgan fingerprint density at radius 2 is 1.80 bits per heavy atom. The SMILES string of the molecule is CS(=O)(=O)N1CCN(C(=O)c2cccc(N)c2)CC1.Cl. The second-order valence-electron chi connectivity index (χ2n) is 4.58. The Hall–Kier alpha value is -1.31. The first kappa shape index (κ1) is 16.7. The fourth-order valence-electron chi connectivity index (χ4n) is 2.08. The Morgan fingerprint density at radius 3 is 2.30 bits per heavy atom. The highest BCUT2D eigenvalue weighted by molar-refractivity contribution is 7.88. The minimum atomic E-state index is -3.17. The van der Waals surface area contributed by atoms with E-state index in [0.29, 0.717) is 37.4 Å². The van der Waals surface area contributed by atoms with Crippen LogP contribution in [0, 0.1) is 0 Å². The molecule has 112 valence electrons. The highest BCUT2D eigenvalue weighted by atomic mass is 35.5. The first-order chi connectivity index (χ1) is 8.88. The van der Waals surface area contributed by atoms with Crippen LogP contribution >= 0.6 is 12.4 Å². The molecule has 0 aromatic heterocycles. The summed E-state index contributed by atoms with van der Waals surface area (Å²) in [7, 11) is -3.17. The zero-order valence-corrected chi connectivity index (χ0v) is 12.8. The topological polar surface area (TPSA) is 83.7 Å². The molecule has 1 heterocycles. The molecule has 1 saturated heterocycles. The van der Waals surface area contributed by atoms with Crippen molar-refractivity contribution in [2.24, 2.45) is 0 Å². The molecule has 0 radical (unpaired) electrons. The quantitative estimate of drug-likeness (QED) is 0.800. The molecule has 1 amide bonds. The molecular formula is C12H18ClN3O3S. The summed E-state index contributed by atoms with van der Waals surface area (Å²) in [5, 5.41) is 0. The van der Waals surface area contributed by atoms with Gasteiger partial charge >= 0.3 is 0 Å². The lowest BCUT2D eigenvalue weighted by molar-refractivity contribution is 0.0698. The Kier molecular flexibility index (Phi) is 5.38. The van der Waals surface area contributed by atoms with Gasteiger partial charge in [0.05, 0.1) is 6.26 Å². The van der Waals surface area contributed by atoms with Crippen LogP contribution in [0.4, 0.5) is 5.69 Å². The number of piperazine rings is 1. The van der Waals surface area contributed by atoms with Crippen LogP contribution in [0.1, 0.15) is 10.4 Å². The number of benzene rings is 1. The molecule has 2 rings (SSSR count). The minimum absolute atomic E-state index is 0. The molecule has 0 spiro atoms. The van der Waals surface area contributed by atoms with Crippen LogP contribution in [-0.4, -0.2) is 56.0 Å². The normalized spacial score (nSPS) is 16.6. The van der Waals surface area contributed by atoms with Crippen molar-refractivity contribution in [3.05, 3.63) is 29.8 Å². The molecule has 1 aliphatic heterocycles. The molecule has 20 heavy (non-hydrogen) atoms. The fourth-order valence-corrected chi connectivity index (χ4v) is 2.90. The lowest BCUT2D eigenvalue weighted by Crippen LogP contribution is -2.50. The number of carbonyl (C=O) groups is 1. The molecule has 0 bridgehead atoms. The zero-order chi connectivity index (χ0) is 14.0. The second-order valence-corrected chi connectivity index (χ2v) is 6.56. The van der Waals surface area contributed by atoms with Gasteiger partial charge < -0.3 is 10.6 Å². The third-order valence-corrected chi connectivity index (χ3v) is 4.43. The smallest absolute Gasteiger partial charge is 0.254 e. The number of nitrogens with zero attached hydrogens (tertiary/aromatic N) is 2. The van der Waals surface area contributed by atoms with Gasteiger partial charge in [-0.25, -0.2) is 8.42 Å². The van der Waals surface area contributed by atoms with Crippen molar-refractivity contribution < 1.29 is 13.2 Å². The number of carbonyl (C=O) groups excluding carboxylic acids is 1. The van der Waals surface area contributed by atoms with Crippen LogP contribution in [0.5, 0.6) is 0 Å². The van der Waals surface area contributed by atoms with E-state index in [-0.39, 0.29) is 18.3 Å². The van der Waals surface area contributed by atoms with Gasteiger partial charge in [-0.2, -0.15) is 4.31 Å². The molecule has 0 unspecified atom stereocenters. The van der Waals surface area contributed by atoms with Gasteiger partial charge in [0.1, 0.15) is 0 Å². The molecule has 1 fully saturated rings. The summed E-state index contributed by atoms with van der Waals surface area (Å²) < 4.78 is 24.2. The zero-order valence-electron chi connectivity index (χ0n) is 11.2.